The summed E-state index contributed by atoms with van der Waals surface area (Å²) in [5.74, 6) is -1.40. The van der Waals surface area contributed by atoms with Crippen LogP contribution in [0, 0.1) is 0 Å². The number of Topliss-reactive ketones (excluding diaryl/α,β-unsaturated/α-hetero) is 1. The molecule has 0 aliphatic rings. The van der Waals surface area contributed by atoms with Crippen LogP contribution in [-0.4, -0.2) is 30.9 Å². The van der Waals surface area contributed by atoms with E-state index in [0.717, 1.165) is 0 Å². The van der Waals surface area contributed by atoms with Crippen LogP contribution in [0.1, 0.15) is 34.6 Å². The SMILES string of the molecule is COc1cc(N)c(Cl)cc1C(=O)OC(C)C(=O)Nc1ccccc1C(C)=O. The topological polar surface area (TPSA) is 108 Å². The van der Waals surface area contributed by atoms with Crippen LogP contribution in [0.5, 0.6) is 5.75 Å². The third-order valence-corrected chi connectivity index (χ3v) is 4.08. The van der Waals surface area contributed by atoms with Crippen LogP contribution < -0.4 is 15.8 Å². The summed E-state index contributed by atoms with van der Waals surface area (Å²) >= 11 is 5.94. The molecule has 27 heavy (non-hydrogen) atoms. The number of methoxy groups -OCH3 is 1. The zero-order valence-corrected chi connectivity index (χ0v) is 15.8. The average molecular weight is 391 g/mol. The van der Waals surface area contributed by atoms with Crippen LogP contribution in [0.15, 0.2) is 36.4 Å². The smallest absolute Gasteiger partial charge is 0.342 e. The van der Waals surface area contributed by atoms with Gasteiger partial charge in [0.05, 0.1) is 23.5 Å². The third kappa shape index (κ3) is 4.77. The Kier molecular flexibility index (Phi) is 6.41. The summed E-state index contributed by atoms with van der Waals surface area (Å²) in [5.41, 5.74) is 6.67. The Balaban J connectivity index is 2.14. The molecule has 0 heterocycles. The van der Waals surface area contributed by atoms with E-state index in [4.69, 9.17) is 26.8 Å². The van der Waals surface area contributed by atoms with Gasteiger partial charge >= 0.3 is 5.97 Å². The van der Waals surface area contributed by atoms with Gasteiger partial charge in [0, 0.05) is 11.6 Å². The first-order valence-electron chi connectivity index (χ1n) is 7.99. The largest absolute Gasteiger partial charge is 0.496 e. The molecule has 2 aromatic rings. The average Bonchev–Trinajstić information content (AvgIpc) is 2.63. The number of nitrogens with two attached hydrogens (primary N) is 1. The van der Waals surface area contributed by atoms with E-state index >= 15 is 0 Å². The fourth-order valence-corrected chi connectivity index (χ4v) is 2.47. The zero-order valence-electron chi connectivity index (χ0n) is 15.0. The lowest BCUT2D eigenvalue weighted by molar-refractivity contribution is -0.123. The molecular weight excluding hydrogens is 372 g/mol. The molecule has 0 saturated carbocycles. The predicted octanol–water partition coefficient (Wildman–Crippen LogP) is 3.32. The van der Waals surface area contributed by atoms with Crippen molar-refractivity contribution < 1.29 is 23.9 Å². The van der Waals surface area contributed by atoms with E-state index in [9.17, 15) is 14.4 Å². The summed E-state index contributed by atoms with van der Waals surface area (Å²) in [5, 5.41) is 2.75. The molecule has 7 nitrogen and oxygen atoms in total. The van der Waals surface area contributed by atoms with Crippen LogP contribution in [0.4, 0.5) is 11.4 Å². The van der Waals surface area contributed by atoms with Crippen molar-refractivity contribution in [3.05, 3.63) is 52.5 Å². The molecule has 0 fully saturated rings. The summed E-state index contributed by atoms with van der Waals surface area (Å²) in [4.78, 5) is 36.4. The molecule has 0 aliphatic carbocycles. The maximum absolute atomic E-state index is 12.4. The second kappa shape index (κ2) is 8.55. The molecule has 0 bridgehead atoms. The van der Waals surface area contributed by atoms with Gasteiger partial charge < -0.3 is 20.5 Å². The minimum atomic E-state index is -1.13. The van der Waals surface area contributed by atoms with Crippen molar-refractivity contribution in [3.63, 3.8) is 0 Å². The van der Waals surface area contributed by atoms with E-state index in [2.05, 4.69) is 5.32 Å². The second-order valence-corrected chi connectivity index (χ2v) is 6.12. The first kappa shape index (κ1) is 20.3. The Labute approximate surface area is 161 Å². The Morgan fingerprint density at radius 2 is 1.81 bits per heavy atom. The Morgan fingerprint density at radius 3 is 2.44 bits per heavy atom. The van der Waals surface area contributed by atoms with Gasteiger partial charge in [0.2, 0.25) is 0 Å². The number of hydrogen-bond donors (Lipinski definition) is 2. The molecule has 0 aromatic heterocycles. The maximum atomic E-state index is 12.4. The fraction of sp³-hybridized carbons (Fsp3) is 0.211. The molecule has 0 aliphatic heterocycles. The third-order valence-electron chi connectivity index (χ3n) is 3.76. The number of para-hydroxylation sites is 1. The van der Waals surface area contributed by atoms with Gasteiger partial charge in [0.25, 0.3) is 5.91 Å². The number of ketones is 1. The first-order valence-corrected chi connectivity index (χ1v) is 8.37. The highest BCUT2D eigenvalue weighted by Crippen LogP contribution is 2.29. The van der Waals surface area contributed by atoms with Crippen molar-refractivity contribution in [2.75, 3.05) is 18.2 Å². The number of amides is 1. The van der Waals surface area contributed by atoms with E-state index in [0.29, 0.717) is 11.3 Å². The molecule has 1 unspecified atom stereocenters. The molecule has 0 spiro atoms. The number of ether oxygens (including phenoxy) is 2. The summed E-state index contributed by atoms with van der Waals surface area (Å²) in [7, 11) is 1.37. The van der Waals surface area contributed by atoms with Gasteiger partial charge in [0.1, 0.15) is 11.3 Å². The van der Waals surface area contributed by atoms with Crippen LogP contribution in [0.2, 0.25) is 5.02 Å². The zero-order chi connectivity index (χ0) is 20.1. The van der Waals surface area contributed by atoms with Gasteiger partial charge in [-0.15, -0.1) is 0 Å². The standard InChI is InChI=1S/C19H19ClN2O5/c1-10(23)12-6-4-5-7-16(12)22-18(24)11(2)27-19(25)13-8-14(20)15(21)9-17(13)26-3/h4-9,11H,21H2,1-3H3,(H,22,24). The molecular formula is C19H19ClN2O5. The Hall–Kier alpha value is -3.06. The quantitative estimate of drug-likeness (QED) is 0.445. The number of rotatable bonds is 6. The number of anilines is 2. The van der Waals surface area contributed by atoms with Crippen molar-refractivity contribution in [1.82, 2.24) is 0 Å². The summed E-state index contributed by atoms with van der Waals surface area (Å²) < 4.78 is 10.3. The van der Waals surface area contributed by atoms with Crippen molar-refractivity contribution in [2.24, 2.45) is 0 Å². The molecule has 0 radical (unpaired) electrons. The summed E-state index contributed by atoms with van der Waals surface area (Å²) in [6, 6.07) is 9.26. The molecule has 142 valence electrons. The first-order chi connectivity index (χ1) is 12.7. The number of nitrogens with one attached hydrogen (secondary N) is 1. The predicted molar refractivity (Wildman–Crippen MR) is 102 cm³/mol. The van der Waals surface area contributed by atoms with Crippen molar-refractivity contribution in [1.29, 1.82) is 0 Å². The molecule has 1 amide bonds. The minimum absolute atomic E-state index is 0.0421. The van der Waals surface area contributed by atoms with Gasteiger partial charge in [-0.05, 0) is 32.0 Å². The number of benzene rings is 2. The van der Waals surface area contributed by atoms with E-state index in [-0.39, 0.29) is 27.8 Å². The highest BCUT2D eigenvalue weighted by atomic mass is 35.5. The molecule has 0 saturated heterocycles. The summed E-state index contributed by atoms with van der Waals surface area (Å²) in [6.07, 6.45) is -1.13. The lowest BCUT2D eigenvalue weighted by Gasteiger charge is -2.16. The number of esters is 1. The van der Waals surface area contributed by atoms with E-state index < -0.39 is 18.0 Å². The minimum Gasteiger partial charge on any atom is -0.496 e. The number of carbonyl (C=O) groups excluding carboxylic acids is 3. The van der Waals surface area contributed by atoms with Crippen LogP contribution in [0.25, 0.3) is 0 Å². The number of halogens is 1. The van der Waals surface area contributed by atoms with Gasteiger partial charge in [0.15, 0.2) is 11.9 Å². The lowest BCUT2D eigenvalue weighted by Crippen LogP contribution is -2.30. The monoisotopic (exact) mass is 390 g/mol. The van der Waals surface area contributed by atoms with E-state index in [1.165, 1.54) is 33.1 Å². The number of hydrogen-bond acceptors (Lipinski definition) is 6. The maximum Gasteiger partial charge on any atom is 0.342 e. The van der Waals surface area contributed by atoms with Crippen LogP contribution >= 0.6 is 11.6 Å². The fourth-order valence-electron chi connectivity index (χ4n) is 2.31. The Morgan fingerprint density at radius 1 is 1.15 bits per heavy atom. The molecule has 8 heteroatoms. The van der Waals surface area contributed by atoms with Crippen molar-refractivity contribution in [3.8, 4) is 5.75 Å². The van der Waals surface area contributed by atoms with Gasteiger partial charge in [-0.3, -0.25) is 9.59 Å². The highest BCUT2D eigenvalue weighted by molar-refractivity contribution is 6.33. The van der Waals surface area contributed by atoms with E-state index in [1.807, 2.05) is 0 Å². The summed E-state index contributed by atoms with van der Waals surface area (Å²) in [6.45, 7) is 2.81. The van der Waals surface area contributed by atoms with Crippen molar-refractivity contribution >= 4 is 40.6 Å². The lowest BCUT2D eigenvalue weighted by atomic mass is 10.1. The molecule has 3 N–H and O–H groups in total. The molecule has 1 atom stereocenters. The highest BCUT2D eigenvalue weighted by Gasteiger charge is 2.23. The molecule has 2 aromatic carbocycles. The number of nitrogen functional groups attached to an aromatic ring is 1. The number of carbonyl (C=O) groups is 3. The normalized spacial score (nSPS) is 11.4. The van der Waals surface area contributed by atoms with Crippen LogP contribution in [0.3, 0.4) is 0 Å². The van der Waals surface area contributed by atoms with Gasteiger partial charge in [-0.25, -0.2) is 4.79 Å². The van der Waals surface area contributed by atoms with Gasteiger partial charge in [-0.1, -0.05) is 23.7 Å². The second-order valence-electron chi connectivity index (χ2n) is 5.71. The molecule has 2 rings (SSSR count). The van der Waals surface area contributed by atoms with Crippen LogP contribution in [-0.2, 0) is 9.53 Å². The Bertz CT molecular complexity index is 898. The van der Waals surface area contributed by atoms with E-state index in [1.54, 1.807) is 24.3 Å². The van der Waals surface area contributed by atoms with Crippen molar-refractivity contribution in [2.45, 2.75) is 20.0 Å². The van der Waals surface area contributed by atoms with Gasteiger partial charge in [-0.2, -0.15) is 0 Å².